The van der Waals surface area contributed by atoms with Gasteiger partial charge in [-0.15, -0.1) is 0 Å². The summed E-state index contributed by atoms with van der Waals surface area (Å²) < 4.78 is 0. The van der Waals surface area contributed by atoms with Crippen molar-refractivity contribution >= 4 is 5.69 Å². The molecule has 2 aromatic rings. The van der Waals surface area contributed by atoms with Crippen LogP contribution in [0.2, 0.25) is 0 Å². The maximum atomic E-state index is 4.32. The zero-order chi connectivity index (χ0) is 22.6. The molecule has 0 N–H and O–H groups in total. The van der Waals surface area contributed by atoms with Gasteiger partial charge in [0.05, 0.1) is 0 Å². The Kier molecular flexibility index (Phi) is 6.55. The van der Waals surface area contributed by atoms with Gasteiger partial charge in [-0.05, 0) is 41.3 Å². The number of allylic oxidation sites excluding steroid dienone is 9. The van der Waals surface area contributed by atoms with E-state index in [2.05, 4.69) is 144 Å². The van der Waals surface area contributed by atoms with E-state index in [-0.39, 0.29) is 10.8 Å². The molecule has 2 aromatic carbocycles. The first-order valence-corrected chi connectivity index (χ1v) is 11.0. The molecule has 1 aliphatic heterocycles. The van der Waals surface area contributed by atoms with Crippen LogP contribution >= 0.6 is 0 Å². The molecule has 0 spiro atoms. The minimum Gasteiger partial charge on any atom is -0.347 e. The first-order chi connectivity index (χ1) is 14.7. The van der Waals surface area contributed by atoms with Crippen molar-refractivity contribution in [2.45, 2.75) is 45.4 Å². The molecule has 0 aromatic heterocycles. The summed E-state index contributed by atoms with van der Waals surface area (Å²) in [6.07, 6.45) is 14.7. The molecule has 31 heavy (non-hydrogen) atoms. The lowest BCUT2D eigenvalue weighted by Gasteiger charge is -2.28. The smallest absolute Gasteiger partial charge is 0.0447 e. The second-order valence-electron chi connectivity index (χ2n) is 9.35. The third-order valence-electron chi connectivity index (χ3n) is 6.56. The highest BCUT2D eigenvalue weighted by Crippen LogP contribution is 2.46. The Labute approximate surface area is 188 Å². The van der Waals surface area contributed by atoms with Crippen LogP contribution in [0, 0.1) is 6.92 Å². The Morgan fingerprint density at radius 1 is 0.903 bits per heavy atom. The highest BCUT2D eigenvalue weighted by molar-refractivity contribution is 5.70. The molecule has 1 nitrogen and oxygen atoms in total. The van der Waals surface area contributed by atoms with Crippen LogP contribution in [-0.4, -0.2) is 7.05 Å². The van der Waals surface area contributed by atoms with Gasteiger partial charge in [0.2, 0.25) is 0 Å². The third kappa shape index (κ3) is 4.51. The van der Waals surface area contributed by atoms with Crippen LogP contribution in [0.3, 0.4) is 0 Å². The Morgan fingerprint density at radius 3 is 2.23 bits per heavy atom. The molecule has 0 unspecified atom stereocenters. The number of hydrogen-bond acceptors (Lipinski definition) is 1. The Balaban J connectivity index is 1.64. The number of anilines is 1. The molecule has 0 saturated heterocycles. The molecular formula is C30H35N. The van der Waals surface area contributed by atoms with Gasteiger partial charge in [-0.1, -0.05) is 113 Å². The van der Waals surface area contributed by atoms with Crippen molar-refractivity contribution in [2.75, 3.05) is 11.9 Å². The fourth-order valence-electron chi connectivity index (χ4n) is 4.47. The van der Waals surface area contributed by atoms with Gasteiger partial charge in [-0.25, -0.2) is 0 Å². The van der Waals surface area contributed by atoms with Gasteiger partial charge < -0.3 is 4.90 Å². The van der Waals surface area contributed by atoms with Gasteiger partial charge in [0.1, 0.15) is 0 Å². The number of para-hydroxylation sites is 1. The van der Waals surface area contributed by atoms with E-state index in [1.807, 2.05) is 0 Å². The Morgan fingerprint density at radius 2 is 1.52 bits per heavy atom. The number of hydrogen-bond donors (Lipinski definition) is 0. The standard InChI is InChI=1S/C30H35N/c1-23-17-13-14-19-25(23)29(3,4)24(2)18-11-9-8-10-12-22-28-30(5,6)26-20-15-16-21-27(26)31(28)7/h8-22H,2H2,1,3-7H3/b9-8+,12-10+,18-11+,28-22+. The van der Waals surface area contributed by atoms with Crippen LogP contribution in [0.1, 0.15) is 44.4 Å². The van der Waals surface area contributed by atoms with E-state index in [9.17, 15) is 0 Å². The SMILES string of the molecule is C=C(/C=C/C=C/C=C/C=C1/N(C)c2ccccc2C1(C)C)C(C)(C)c1ccccc1C. The van der Waals surface area contributed by atoms with Gasteiger partial charge in [-0.3, -0.25) is 0 Å². The highest BCUT2D eigenvalue weighted by Gasteiger charge is 2.37. The minimum absolute atomic E-state index is 0.0121. The van der Waals surface area contributed by atoms with E-state index in [0.717, 1.165) is 5.57 Å². The Hall–Kier alpha value is -3.06. The lowest BCUT2D eigenvalue weighted by atomic mass is 9.76. The molecule has 1 heterocycles. The van der Waals surface area contributed by atoms with Crippen molar-refractivity contribution < 1.29 is 0 Å². The predicted molar refractivity (Wildman–Crippen MR) is 137 cm³/mol. The van der Waals surface area contributed by atoms with Gasteiger partial charge >= 0.3 is 0 Å². The van der Waals surface area contributed by atoms with Crippen molar-refractivity contribution in [3.63, 3.8) is 0 Å². The second-order valence-corrected chi connectivity index (χ2v) is 9.35. The first kappa shape index (κ1) is 22.6. The second kappa shape index (κ2) is 8.98. The van der Waals surface area contributed by atoms with Crippen molar-refractivity contribution in [3.05, 3.63) is 126 Å². The lowest BCUT2D eigenvalue weighted by Crippen LogP contribution is -2.22. The van der Waals surface area contributed by atoms with Crippen LogP contribution in [0.5, 0.6) is 0 Å². The highest BCUT2D eigenvalue weighted by atomic mass is 15.2. The number of rotatable bonds is 6. The molecule has 0 fully saturated rings. The molecule has 0 bridgehead atoms. The molecule has 0 amide bonds. The summed E-state index contributed by atoms with van der Waals surface area (Å²) in [5.41, 5.74) is 7.62. The summed E-state index contributed by atoms with van der Waals surface area (Å²) in [5, 5.41) is 0. The van der Waals surface area contributed by atoms with E-state index in [1.165, 1.54) is 28.1 Å². The Bertz CT molecular complexity index is 1070. The lowest BCUT2D eigenvalue weighted by molar-refractivity contribution is 0.637. The minimum atomic E-state index is -0.0937. The quantitative estimate of drug-likeness (QED) is 0.440. The summed E-state index contributed by atoms with van der Waals surface area (Å²) in [5.74, 6) is 0. The topological polar surface area (TPSA) is 3.24 Å². The number of likely N-dealkylation sites (N-methyl/N-ethyl adjacent to an activating group) is 1. The number of aryl methyl sites for hydroxylation is 1. The van der Waals surface area contributed by atoms with Crippen LogP contribution in [0.4, 0.5) is 5.69 Å². The van der Waals surface area contributed by atoms with Crippen molar-refractivity contribution in [1.82, 2.24) is 0 Å². The summed E-state index contributed by atoms with van der Waals surface area (Å²) >= 11 is 0. The molecule has 0 atom stereocenters. The molecule has 0 aliphatic carbocycles. The largest absolute Gasteiger partial charge is 0.347 e. The van der Waals surface area contributed by atoms with E-state index < -0.39 is 0 Å². The molecule has 0 radical (unpaired) electrons. The fraction of sp³-hybridized carbons (Fsp3) is 0.267. The zero-order valence-electron chi connectivity index (χ0n) is 19.8. The zero-order valence-corrected chi connectivity index (χ0v) is 19.8. The average molecular weight is 410 g/mol. The summed E-state index contributed by atoms with van der Waals surface area (Å²) in [4.78, 5) is 2.29. The molecule has 0 saturated carbocycles. The van der Waals surface area contributed by atoms with Crippen molar-refractivity contribution in [1.29, 1.82) is 0 Å². The maximum Gasteiger partial charge on any atom is 0.0447 e. The van der Waals surface area contributed by atoms with E-state index in [0.29, 0.717) is 0 Å². The van der Waals surface area contributed by atoms with Crippen molar-refractivity contribution in [3.8, 4) is 0 Å². The number of nitrogens with zero attached hydrogens (tertiary/aromatic N) is 1. The van der Waals surface area contributed by atoms with E-state index in [1.54, 1.807) is 0 Å². The van der Waals surface area contributed by atoms with Crippen LogP contribution in [0.15, 0.2) is 109 Å². The van der Waals surface area contributed by atoms with E-state index in [4.69, 9.17) is 0 Å². The van der Waals surface area contributed by atoms with Crippen molar-refractivity contribution in [2.24, 2.45) is 0 Å². The average Bonchev–Trinajstić information content (AvgIpc) is 2.93. The monoisotopic (exact) mass is 409 g/mol. The first-order valence-electron chi connectivity index (χ1n) is 11.0. The molecule has 1 aliphatic rings. The van der Waals surface area contributed by atoms with Gasteiger partial charge in [0.15, 0.2) is 0 Å². The van der Waals surface area contributed by atoms with Crippen LogP contribution in [0.25, 0.3) is 0 Å². The summed E-state index contributed by atoms with van der Waals surface area (Å²) in [7, 11) is 2.15. The molecule has 3 rings (SSSR count). The van der Waals surface area contributed by atoms with Gasteiger partial charge in [0.25, 0.3) is 0 Å². The molecule has 1 heteroatoms. The number of benzene rings is 2. The van der Waals surface area contributed by atoms with Gasteiger partial charge in [-0.2, -0.15) is 0 Å². The third-order valence-corrected chi connectivity index (χ3v) is 6.56. The predicted octanol–water partition coefficient (Wildman–Crippen LogP) is 7.81. The number of fused-ring (bicyclic) bond motifs is 1. The maximum absolute atomic E-state index is 4.32. The van der Waals surface area contributed by atoms with Crippen LogP contribution < -0.4 is 4.90 Å². The summed E-state index contributed by atoms with van der Waals surface area (Å²) in [6.45, 7) is 15.5. The molecular weight excluding hydrogens is 374 g/mol. The fourth-order valence-corrected chi connectivity index (χ4v) is 4.47. The van der Waals surface area contributed by atoms with Crippen LogP contribution in [-0.2, 0) is 10.8 Å². The van der Waals surface area contributed by atoms with E-state index >= 15 is 0 Å². The van der Waals surface area contributed by atoms with Gasteiger partial charge in [0, 0.05) is 29.3 Å². The molecule has 160 valence electrons. The summed E-state index contributed by atoms with van der Waals surface area (Å²) in [6, 6.07) is 17.2. The normalized spacial score (nSPS) is 17.4.